The molecule has 1 heterocycles. The van der Waals surface area contributed by atoms with Crippen LogP contribution >= 0.6 is 11.3 Å². The van der Waals surface area contributed by atoms with Crippen LogP contribution in [-0.4, -0.2) is 16.9 Å². The second-order valence-corrected chi connectivity index (χ2v) is 5.06. The van der Waals surface area contributed by atoms with Crippen LogP contribution in [0.5, 0.6) is 0 Å². The number of carbonyl (C=O) groups excluding carboxylic acids is 1. The number of aromatic nitrogens is 1. The van der Waals surface area contributed by atoms with Gasteiger partial charge in [-0.2, -0.15) is 0 Å². The summed E-state index contributed by atoms with van der Waals surface area (Å²) in [6.07, 6.45) is 4.29. The molecule has 0 saturated heterocycles. The van der Waals surface area contributed by atoms with Gasteiger partial charge in [-0.05, 0) is 19.8 Å². The number of nitrogens with zero attached hydrogens (tertiary/aromatic N) is 1. The molecule has 0 spiro atoms. The third kappa shape index (κ3) is 3.93. The Morgan fingerprint density at radius 2 is 2.06 bits per heavy atom. The lowest BCUT2D eigenvalue weighted by molar-refractivity contribution is 0.0928. The molecule has 0 aliphatic rings. The van der Waals surface area contributed by atoms with E-state index in [0.717, 1.165) is 30.7 Å². The minimum absolute atomic E-state index is 0.0312. The number of nitrogens with one attached hydrogen (secondary N) is 1. The molecule has 0 aliphatic heterocycles. The largest absolute Gasteiger partial charge is 0.348 e. The van der Waals surface area contributed by atoms with Gasteiger partial charge in [0.25, 0.3) is 5.91 Å². The van der Waals surface area contributed by atoms with E-state index >= 15 is 0 Å². The van der Waals surface area contributed by atoms with E-state index in [2.05, 4.69) is 24.1 Å². The van der Waals surface area contributed by atoms with E-state index in [-0.39, 0.29) is 5.91 Å². The Morgan fingerprint density at radius 1 is 1.44 bits per heavy atom. The molecule has 90 valence electrons. The Kier molecular flexibility index (Phi) is 5.46. The quantitative estimate of drug-likeness (QED) is 0.830. The molecule has 0 atom stereocenters. The molecule has 0 aliphatic carbocycles. The number of aryl methyl sites for hydroxylation is 1. The van der Waals surface area contributed by atoms with Crippen molar-refractivity contribution >= 4 is 17.2 Å². The van der Waals surface area contributed by atoms with Crippen molar-refractivity contribution in [1.29, 1.82) is 0 Å². The first-order valence-corrected chi connectivity index (χ1v) is 6.78. The topological polar surface area (TPSA) is 42.0 Å². The summed E-state index contributed by atoms with van der Waals surface area (Å²) >= 11 is 1.51. The first-order valence-electron chi connectivity index (χ1n) is 5.90. The van der Waals surface area contributed by atoms with Crippen molar-refractivity contribution in [2.45, 2.75) is 52.5 Å². The predicted octanol–water partition coefficient (Wildman–Crippen LogP) is 3.15. The molecule has 0 saturated carbocycles. The average Bonchev–Trinajstić information content (AvgIpc) is 2.65. The number of hydrogen-bond acceptors (Lipinski definition) is 3. The van der Waals surface area contributed by atoms with E-state index in [9.17, 15) is 4.79 Å². The first-order chi connectivity index (χ1) is 7.67. The van der Waals surface area contributed by atoms with Crippen molar-refractivity contribution in [2.75, 3.05) is 0 Å². The summed E-state index contributed by atoms with van der Waals surface area (Å²) in [7, 11) is 0. The monoisotopic (exact) mass is 240 g/mol. The molecule has 1 N–H and O–H groups in total. The van der Waals surface area contributed by atoms with Gasteiger partial charge in [-0.3, -0.25) is 4.79 Å². The summed E-state index contributed by atoms with van der Waals surface area (Å²) in [5, 5.41) is 5.81. The third-order valence-electron chi connectivity index (χ3n) is 2.46. The molecule has 3 nitrogen and oxygen atoms in total. The predicted molar refractivity (Wildman–Crippen MR) is 67.9 cm³/mol. The van der Waals surface area contributed by atoms with Crippen LogP contribution < -0.4 is 5.32 Å². The maximum absolute atomic E-state index is 11.9. The standard InChI is InChI=1S/C12H20N2OS/c1-4-6-10(7-5-2)14-12(15)11-8-16-9(3)13-11/h8,10H,4-7H2,1-3H3,(H,14,15). The van der Waals surface area contributed by atoms with Crippen LogP contribution in [0, 0.1) is 6.92 Å². The van der Waals surface area contributed by atoms with Gasteiger partial charge in [0.15, 0.2) is 0 Å². The van der Waals surface area contributed by atoms with Crippen LogP contribution in [-0.2, 0) is 0 Å². The maximum atomic E-state index is 11.9. The minimum atomic E-state index is -0.0312. The molecule has 0 radical (unpaired) electrons. The number of carbonyl (C=O) groups is 1. The van der Waals surface area contributed by atoms with Gasteiger partial charge in [-0.15, -0.1) is 11.3 Å². The van der Waals surface area contributed by atoms with Gasteiger partial charge >= 0.3 is 0 Å². The zero-order valence-electron chi connectivity index (χ0n) is 10.2. The summed E-state index contributed by atoms with van der Waals surface area (Å²) in [5.74, 6) is -0.0312. The normalized spacial score (nSPS) is 10.8. The summed E-state index contributed by atoms with van der Waals surface area (Å²) in [6.45, 7) is 6.20. The van der Waals surface area contributed by atoms with E-state index in [1.165, 1.54) is 11.3 Å². The molecule has 0 unspecified atom stereocenters. The van der Waals surface area contributed by atoms with E-state index < -0.39 is 0 Å². The lowest BCUT2D eigenvalue weighted by atomic mass is 10.1. The van der Waals surface area contributed by atoms with Crippen LogP contribution in [0.1, 0.15) is 55.0 Å². The third-order valence-corrected chi connectivity index (χ3v) is 3.23. The summed E-state index contributed by atoms with van der Waals surface area (Å²) in [5.41, 5.74) is 0.555. The molecule has 16 heavy (non-hydrogen) atoms. The lowest BCUT2D eigenvalue weighted by Gasteiger charge is -2.16. The molecule has 4 heteroatoms. The van der Waals surface area contributed by atoms with Crippen LogP contribution in [0.15, 0.2) is 5.38 Å². The molecular formula is C12H20N2OS. The lowest BCUT2D eigenvalue weighted by Crippen LogP contribution is -2.34. The highest BCUT2D eigenvalue weighted by molar-refractivity contribution is 7.09. The van der Waals surface area contributed by atoms with Gasteiger partial charge in [0.2, 0.25) is 0 Å². The van der Waals surface area contributed by atoms with Crippen LogP contribution in [0.4, 0.5) is 0 Å². The van der Waals surface area contributed by atoms with Crippen molar-refractivity contribution in [3.05, 3.63) is 16.1 Å². The van der Waals surface area contributed by atoms with Crippen molar-refractivity contribution in [1.82, 2.24) is 10.3 Å². The average molecular weight is 240 g/mol. The molecule has 1 amide bonds. The zero-order valence-corrected chi connectivity index (χ0v) is 11.1. The number of hydrogen-bond donors (Lipinski definition) is 1. The van der Waals surface area contributed by atoms with Crippen molar-refractivity contribution in [2.24, 2.45) is 0 Å². The van der Waals surface area contributed by atoms with Gasteiger partial charge in [-0.1, -0.05) is 26.7 Å². The molecule has 1 aromatic heterocycles. The summed E-state index contributed by atoms with van der Waals surface area (Å²) in [4.78, 5) is 16.0. The minimum Gasteiger partial charge on any atom is -0.348 e. The number of amides is 1. The Morgan fingerprint density at radius 3 is 2.50 bits per heavy atom. The Balaban J connectivity index is 2.54. The summed E-state index contributed by atoms with van der Waals surface area (Å²) < 4.78 is 0. The van der Waals surface area contributed by atoms with Gasteiger partial charge in [0.05, 0.1) is 5.01 Å². The Hall–Kier alpha value is -0.900. The fraction of sp³-hybridized carbons (Fsp3) is 0.667. The second-order valence-electron chi connectivity index (χ2n) is 4.00. The molecule has 0 bridgehead atoms. The van der Waals surface area contributed by atoms with E-state index in [1.807, 2.05) is 12.3 Å². The Bertz CT molecular complexity index is 330. The van der Waals surface area contributed by atoms with Crippen LogP contribution in [0.25, 0.3) is 0 Å². The summed E-state index contributed by atoms with van der Waals surface area (Å²) in [6, 6.07) is 0.296. The molecule has 1 aromatic rings. The highest BCUT2D eigenvalue weighted by Crippen LogP contribution is 2.10. The second kappa shape index (κ2) is 6.63. The van der Waals surface area contributed by atoms with Crippen molar-refractivity contribution < 1.29 is 4.79 Å². The molecule has 0 fully saturated rings. The highest BCUT2D eigenvalue weighted by atomic mass is 32.1. The van der Waals surface area contributed by atoms with Gasteiger partial charge in [-0.25, -0.2) is 4.98 Å². The van der Waals surface area contributed by atoms with Gasteiger partial charge in [0, 0.05) is 11.4 Å². The fourth-order valence-corrected chi connectivity index (χ4v) is 2.31. The van der Waals surface area contributed by atoms with E-state index in [0.29, 0.717) is 11.7 Å². The van der Waals surface area contributed by atoms with Gasteiger partial charge < -0.3 is 5.32 Å². The van der Waals surface area contributed by atoms with Crippen molar-refractivity contribution in [3.63, 3.8) is 0 Å². The van der Waals surface area contributed by atoms with E-state index in [1.54, 1.807) is 0 Å². The van der Waals surface area contributed by atoms with Crippen LogP contribution in [0.2, 0.25) is 0 Å². The number of thiazole rings is 1. The Labute approximate surface area is 101 Å². The zero-order chi connectivity index (χ0) is 12.0. The fourth-order valence-electron chi connectivity index (χ4n) is 1.71. The highest BCUT2D eigenvalue weighted by Gasteiger charge is 2.14. The SMILES string of the molecule is CCCC(CCC)NC(=O)c1csc(C)n1. The maximum Gasteiger partial charge on any atom is 0.270 e. The number of rotatable bonds is 6. The molecule has 0 aromatic carbocycles. The van der Waals surface area contributed by atoms with Crippen molar-refractivity contribution in [3.8, 4) is 0 Å². The molecule has 1 rings (SSSR count). The van der Waals surface area contributed by atoms with Crippen LogP contribution in [0.3, 0.4) is 0 Å². The smallest absolute Gasteiger partial charge is 0.270 e. The first kappa shape index (κ1) is 13.2. The van der Waals surface area contributed by atoms with Gasteiger partial charge in [0.1, 0.15) is 5.69 Å². The van der Waals surface area contributed by atoms with E-state index in [4.69, 9.17) is 0 Å². The molecular weight excluding hydrogens is 220 g/mol.